The molecule has 462 valence electrons. The molecule has 11 rings (SSSR count). The Hall–Kier alpha value is -3.11. The molecule has 11 heteroatoms. The van der Waals surface area contributed by atoms with Gasteiger partial charge in [0.25, 0.3) is 0 Å². The second kappa shape index (κ2) is 32.6. The lowest BCUT2D eigenvalue weighted by Gasteiger charge is -2.38. The van der Waals surface area contributed by atoms with Crippen LogP contribution in [0, 0.1) is 106 Å². The van der Waals surface area contributed by atoms with E-state index in [1.165, 1.54) is 108 Å². The van der Waals surface area contributed by atoms with Gasteiger partial charge in [-0.05, 0) is 264 Å². The lowest BCUT2D eigenvalue weighted by Crippen LogP contribution is -2.40. The molecule has 8 aliphatic carbocycles. The van der Waals surface area contributed by atoms with Crippen molar-refractivity contribution in [3.63, 3.8) is 0 Å². The van der Waals surface area contributed by atoms with Crippen LogP contribution in [0.3, 0.4) is 0 Å². The highest BCUT2D eigenvalue weighted by atomic mass is 19.2. The van der Waals surface area contributed by atoms with Gasteiger partial charge in [0.2, 0.25) is 0 Å². The maximum absolute atomic E-state index is 13.4. The summed E-state index contributed by atoms with van der Waals surface area (Å²) in [5.41, 5.74) is 2.55. The summed E-state index contributed by atoms with van der Waals surface area (Å²) in [6, 6.07) is 11.7. The summed E-state index contributed by atoms with van der Waals surface area (Å²) in [6.45, 7) is 11.4. The fourth-order valence-corrected chi connectivity index (χ4v) is 15.8. The lowest BCUT2D eigenvalue weighted by molar-refractivity contribution is -0.00403. The first-order chi connectivity index (χ1) is 39.2. The second-order valence-corrected chi connectivity index (χ2v) is 28.0. The van der Waals surface area contributed by atoms with E-state index in [9.17, 15) is 48.3 Å². The van der Waals surface area contributed by atoms with Crippen molar-refractivity contribution >= 4 is 0 Å². The zero-order valence-corrected chi connectivity index (χ0v) is 50.4. The molecule has 0 saturated heterocycles. The van der Waals surface area contributed by atoms with E-state index in [2.05, 4.69) is 34.6 Å². The van der Waals surface area contributed by atoms with E-state index in [0.29, 0.717) is 28.9 Å². The minimum atomic E-state index is -1.88. The molecular formula is C71H101F11. The van der Waals surface area contributed by atoms with E-state index in [4.69, 9.17) is 0 Å². The zero-order chi connectivity index (χ0) is 59.0. The molecule has 0 aliphatic heterocycles. The highest BCUT2D eigenvalue weighted by molar-refractivity contribution is 5.25. The molecule has 0 spiro atoms. The largest absolute Gasteiger partial charge is 0.247 e. The number of alkyl halides is 4. The van der Waals surface area contributed by atoms with Crippen LogP contribution in [0.4, 0.5) is 48.3 Å². The highest BCUT2D eigenvalue weighted by Crippen LogP contribution is 2.46. The summed E-state index contributed by atoms with van der Waals surface area (Å²) < 4.78 is 144. The first-order valence-corrected chi connectivity index (χ1v) is 32.8. The van der Waals surface area contributed by atoms with Crippen LogP contribution in [0.25, 0.3) is 0 Å². The van der Waals surface area contributed by atoms with Gasteiger partial charge in [-0.25, -0.2) is 48.3 Å². The minimum absolute atomic E-state index is 0.0736. The van der Waals surface area contributed by atoms with Crippen molar-refractivity contribution in [2.45, 2.75) is 270 Å². The Morgan fingerprint density at radius 2 is 0.524 bits per heavy atom. The Morgan fingerprint density at radius 1 is 0.280 bits per heavy atom. The smallest absolute Gasteiger partial charge is 0.194 e. The van der Waals surface area contributed by atoms with Gasteiger partial charge in [-0.15, -0.1) is 0 Å². The van der Waals surface area contributed by atoms with Gasteiger partial charge in [-0.2, -0.15) is 0 Å². The molecule has 2 unspecified atom stereocenters. The number of hydrogen-bond donors (Lipinski definition) is 0. The Balaban J connectivity index is 0.000000149. The molecule has 0 amide bonds. The molecule has 0 aromatic heterocycles. The predicted molar refractivity (Wildman–Crippen MR) is 312 cm³/mol. The quantitative estimate of drug-likeness (QED) is 0.170. The molecule has 0 heterocycles. The van der Waals surface area contributed by atoms with E-state index >= 15 is 0 Å². The number of benzene rings is 3. The van der Waals surface area contributed by atoms with E-state index in [1.807, 2.05) is 12.1 Å². The third kappa shape index (κ3) is 20.0. The Labute approximate surface area is 487 Å². The van der Waals surface area contributed by atoms with Crippen molar-refractivity contribution < 1.29 is 48.3 Å². The second-order valence-electron chi connectivity index (χ2n) is 28.0. The standard InChI is InChI=1S/C19H25F3.C13H21F3.C13H15F3.C13H23F.C13H17F/c1-12-2-4-13(5-3-12)14-6-8-15(9-7-14)16-10-17(20)19(22)18(21)11-16;2*1-8-2-4-9(5-3-8)10-6-11(14)13(16)12(15)7-10;2*1-10-2-4-11(5-3-10)12-6-8-13(14)9-7-12/h10-15H,2-9H2,1H3;8-13H,2-7H2,1H3;6-9H,2-5H2,1H3;10-13H,2-9H2,1H3;6-11H,2-5H2,1H3. The van der Waals surface area contributed by atoms with E-state index in [1.54, 1.807) is 12.1 Å². The molecule has 8 saturated carbocycles. The first-order valence-electron chi connectivity index (χ1n) is 32.8. The van der Waals surface area contributed by atoms with Crippen LogP contribution in [0.5, 0.6) is 0 Å². The molecule has 3 aromatic carbocycles. The van der Waals surface area contributed by atoms with Crippen LogP contribution in [0.2, 0.25) is 0 Å². The molecule has 82 heavy (non-hydrogen) atoms. The zero-order valence-electron chi connectivity index (χ0n) is 50.4. The Bertz CT molecular complexity index is 2200. The fourth-order valence-electron chi connectivity index (χ4n) is 15.8. The third-order valence-electron chi connectivity index (χ3n) is 21.7. The van der Waals surface area contributed by atoms with Crippen molar-refractivity contribution in [2.24, 2.45) is 65.1 Å². The van der Waals surface area contributed by atoms with Gasteiger partial charge < -0.3 is 0 Å². The number of rotatable bonds is 6. The molecule has 2 atom stereocenters. The average molecular weight is 1160 g/mol. The van der Waals surface area contributed by atoms with Crippen LogP contribution in [0.15, 0.2) is 48.5 Å². The summed E-state index contributed by atoms with van der Waals surface area (Å²) in [7, 11) is 0. The van der Waals surface area contributed by atoms with Gasteiger partial charge in [0.15, 0.2) is 41.1 Å². The summed E-state index contributed by atoms with van der Waals surface area (Å²) in [4.78, 5) is 0. The predicted octanol–water partition coefficient (Wildman–Crippen LogP) is 23.3. The molecular weight excluding hydrogens is 1060 g/mol. The fraction of sp³-hybridized carbons (Fsp3) is 0.746. The lowest BCUT2D eigenvalue weighted by atomic mass is 9.68. The van der Waals surface area contributed by atoms with Crippen LogP contribution >= 0.6 is 0 Å². The molecule has 0 nitrogen and oxygen atoms in total. The highest BCUT2D eigenvalue weighted by Gasteiger charge is 2.42. The summed E-state index contributed by atoms with van der Waals surface area (Å²) >= 11 is 0. The van der Waals surface area contributed by atoms with E-state index in [-0.39, 0.29) is 36.4 Å². The summed E-state index contributed by atoms with van der Waals surface area (Å²) in [5.74, 6) is 2.00. The third-order valence-corrected chi connectivity index (χ3v) is 21.7. The van der Waals surface area contributed by atoms with Gasteiger partial charge in [0.1, 0.15) is 24.3 Å². The minimum Gasteiger partial charge on any atom is -0.247 e. The average Bonchev–Trinajstić information content (AvgIpc) is 3.67. The monoisotopic (exact) mass is 1160 g/mol. The topological polar surface area (TPSA) is 0 Å². The molecule has 0 radical (unpaired) electrons. The molecule has 3 aromatic rings. The van der Waals surface area contributed by atoms with Crippen LogP contribution in [-0.2, 0) is 0 Å². The van der Waals surface area contributed by atoms with Crippen molar-refractivity contribution in [3.05, 3.63) is 106 Å². The van der Waals surface area contributed by atoms with Gasteiger partial charge in [-0.1, -0.05) is 111 Å². The van der Waals surface area contributed by atoms with Crippen LogP contribution < -0.4 is 0 Å². The maximum Gasteiger partial charge on any atom is 0.194 e. The SMILES string of the molecule is CC1CCC(C2CC(F)C(F)C(F)C2)CC1.CC1CCC(C2CCC(F)CC2)CC1.CC1CCC(C2CCC(c3cc(F)c(F)c(F)c3)CC2)CC1.CC1CCC(c2cc(F)c(F)c(F)c2)CC1.CC1CCC(c2ccc(F)cc2)CC1. The summed E-state index contributed by atoms with van der Waals surface area (Å²) in [5, 5.41) is 0. The first kappa shape index (κ1) is 66.4. The normalized spacial score (nSPS) is 36.0. The van der Waals surface area contributed by atoms with Crippen molar-refractivity contribution in [1.29, 1.82) is 0 Å². The van der Waals surface area contributed by atoms with E-state index in [0.717, 1.165) is 149 Å². The van der Waals surface area contributed by atoms with Crippen LogP contribution in [0.1, 0.15) is 262 Å². The van der Waals surface area contributed by atoms with Gasteiger partial charge in [-0.3, -0.25) is 0 Å². The molecule has 8 fully saturated rings. The van der Waals surface area contributed by atoms with Gasteiger partial charge in [0, 0.05) is 0 Å². The number of hydrogen-bond acceptors (Lipinski definition) is 0. The van der Waals surface area contributed by atoms with Gasteiger partial charge >= 0.3 is 0 Å². The van der Waals surface area contributed by atoms with Crippen molar-refractivity contribution in [3.8, 4) is 0 Å². The summed E-state index contributed by atoms with van der Waals surface area (Å²) in [6.07, 6.45) is 27.9. The Kier molecular flexibility index (Phi) is 26.4. The van der Waals surface area contributed by atoms with E-state index < -0.39 is 59.6 Å². The van der Waals surface area contributed by atoms with Crippen molar-refractivity contribution in [2.75, 3.05) is 0 Å². The molecule has 0 bridgehead atoms. The van der Waals surface area contributed by atoms with Crippen molar-refractivity contribution in [1.82, 2.24) is 0 Å². The maximum atomic E-state index is 13.4. The number of halogens is 11. The molecule has 8 aliphatic rings. The molecule has 0 N–H and O–H groups in total. The Morgan fingerprint density at radius 3 is 0.841 bits per heavy atom. The van der Waals surface area contributed by atoms with Gasteiger partial charge in [0.05, 0.1) is 0 Å². The van der Waals surface area contributed by atoms with Crippen LogP contribution in [-0.4, -0.2) is 24.7 Å².